The number of alkyl carbamates (subject to hydrolysis) is 1. The monoisotopic (exact) mass is 330 g/mol. The molecule has 1 unspecified atom stereocenters. The van der Waals surface area contributed by atoms with E-state index in [1.165, 1.54) is 17.5 Å². The van der Waals surface area contributed by atoms with Gasteiger partial charge in [-0.2, -0.15) is 0 Å². The quantitative estimate of drug-likeness (QED) is 0.884. The van der Waals surface area contributed by atoms with Crippen LogP contribution < -0.4 is 10.6 Å². The molecule has 24 heavy (non-hydrogen) atoms. The molecule has 0 radical (unpaired) electrons. The Bertz CT molecular complexity index is 571. The van der Waals surface area contributed by atoms with Gasteiger partial charge in [-0.05, 0) is 64.0 Å². The average Bonchev–Trinajstić information content (AvgIpc) is 2.48. The molecule has 1 aromatic rings. The van der Waals surface area contributed by atoms with Crippen molar-refractivity contribution in [3.05, 3.63) is 35.4 Å². The maximum atomic E-state index is 11.8. The van der Waals surface area contributed by atoms with E-state index in [9.17, 15) is 4.79 Å². The van der Waals surface area contributed by atoms with Crippen molar-refractivity contribution in [2.75, 3.05) is 6.54 Å². The third-order valence-corrected chi connectivity index (χ3v) is 5.06. The molecular weight excluding hydrogens is 300 g/mol. The summed E-state index contributed by atoms with van der Waals surface area (Å²) in [5, 5.41) is 6.74. The molecule has 2 aliphatic rings. The summed E-state index contributed by atoms with van der Waals surface area (Å²) in [5.41, 5.74) is 2.60. The van der Waals surface area contributed by atoms with Gasteiger partial charge in [0.05, 0.1) is 0 Å². The fourth-order valence-electron chi connectivity index (χ4n) is 3.77. The topological polar surface area (TPSA) is 50.4 Å². The van der Waals surface area contributed by atoms with Gasteiger partial charge in [-0.3, -0.25) is 0 Å². The molecule has 0 heterocycles. The van der Waals surface area contributed by atoms with E-state index in [1.807, 2.05) is 20.8 Å². The molecule has 2 N–H and O–H groups in total. The van der Waals surface area contributed by atoms with E-state index in [0.29, 0.717) is 12.0 Å². The predicted octanol–water partition coefficient (Wildman–Crippen LogP) is 3.75. The third-order valence-electron chi connectivity index (χ3n) is 5.06. The Morgan fingerprint density at radius 3 is 2.46 bits per heavy atom. The zero-order valence-corrected chi connectivity index (χ0v) is 15.1. The van der Waals surface area contributed by atoms with Gasteiger partial charge in [0.25, 0.3) is 0 Å². The number of hydrogen-bond donors (Lipinski definition) is 2. The molecule has 0 aliphatic heterocycles. The molecule has 2 aliphatic carbocycles. The molecule has 1 atom stereocenters. The normalized spacial score (nSPS) is 26.2. The van der Waals surface area contributed by atoms with Crippen LogP contribution in [-0.2, 0) is 11.2 Å². The van der Waals surface area contributed by atoms with Crippen LogP contribution in [0.2, 0.25) is 0 Å². The first kappa shape index (κ1) is 17.3. The van der Waals surface area contributed by atoms with Gasteiger partial charge in [0.2, 0.25) is 0 Å². The van der Waals surface area contributed by atoms with Crippen LogP contribution in [0.25, 0.3) is 0 Å². The highest BCUT2D eigenvalue weighted by molar-refractivity contribution is 5.68. The molecule has 0 bridgehead atoms. The van der Waals surface area contributed by atoms with Crippen LogP contribution in [0.1, 0.15) is 63.5 Å². The van der Waals surface area contributed by atoms with E-state index in [1.54, 1.807) is 0 Å². The van der Waals surface area contributed by atoms with Crippen molar-refractivity contribution in [3.8, 4) is 0 Å². The maximum Gasteiger partial charge on any atom is 0.407 e. The molecule has 0 saturated heterocycles. The first-order chi connectivity index (χ1) is 11.4. The van der Waals surface area contributed by atoms with Gasteiger partial charge in [-0.15, -0.1) is 0 Å². The molecule has 1 saturated carbocycles. The van der Waals surface area contributed by atoms with Gasteiger partial charge >= 0.3 is 6.09 Å². The number of hydrogen-bond acceptors (Lipinski definition) is 3. The molecule has 1 amide bonds. The zero-order chi connectivity index (χ0) is 17.2. The molecule has 1 fully saturated rings. The van der Waals surface area contributed by atoms with Gasteiger partial charge in [0, 0.05) is 24.5 Å². The second-order valence-electron chi connectivity index (χ2n) is 8.20. The third kappa shape index (κ3) is 4.50. The van der Waals surface area contributed by atoms with E-state index in [4.69, 9.17) is 4.74 Å². The van der Waals surface area contributed by atoms with Gasteiger partial charge < -0.3 is 15.4 Å². The summed E-state index contributed by atoms with van der Waals surface area (Å²) in [7, 11) is 0. The van der Waals surface area contributed by atoms with Crippen LogP contribution >= 0.6 is 0 Å². The summed E-state index contributed by atoms with van der Waals surface area (Å²) >= 11 is 0. The lowest BCUT2D eigenvalue weighted by Crippen LogP contribution is -2.45. The second-order valence-corrected chi connectivity index (χ2v) is 8.20. The minimum Gasteiger partial charge on any atom is -0.444 e. The van der Waals surface area contributed by atoms with Crippen LogP contribution in [-0.4, -0.2) is 30.3 Å². The number of carbonyl (C=O) groups is 1. The number of amides is 1. The van der Waals surface area contributed by atoms with E-state index in [2.05, 4.69) is 34.9 Å². The van der Waals surface area contributed by atoms with Crippen LogP contribution in [0.5, 0.6) is 0 Å². The van der Waals surface area contributed by atoms with Crippen molar-refractivity contribution in [2.45, 2.75) is 76.5 Å². The van der Waals surface area contributed by atoms with Crippen molar-refractivity contribution in [1.29, 1.82) is 0 Å². The zero-order valence-electron chi connectivity index (χ0n) is 15.1. The van der Waals surface area contributed by atoms with Gasteiger partial charge in [0.15, 0.2) is 0 Å². The fourth-order valence-corrected chi connectivity index (χ4v) is 3.77. The van der Waals surface area contributed by atoms with Crippen LogP contribution in [0, 0.1) is 0 Å². The first-order valence-corrected chi connectivity index (χ1v) is 9.21. The maximum absolute atomic E-state index is 11.8. The lowest BCUT2D eigenvalue weighted by atomic mass is 9.77. The number of carbonyl (C=O) groups excluding carboxylic acids is 1. The van der Waals surface area contributed by atoms with E-state index >= 15 is 0 Å². The molecule has 4 heteroatoms. The SMILES string of the molecule is CC(C)(C)OC(=O)NC1CCC(NCC2Cc3ccccc32)CC1. The van der Waals surface area contributed by atoms with Gasteiger partial charge in [-0.1, -0.05) is 24.3 Å². The molecule has 132 valence electrons. The molecule has 0 aromatic heterocycles. The molecule has 4 nitrogen and oxygen atoms in total. The Balaban J connectivity index is 1.35. The first-order valence-electron chi connectivity index (χ1n) is 9.21. The van der Waals surface area contributed by atoms with Crippen molar-refractivity contribution in [1.82, 2.24) is 10.6 Å². The Labute approximate surface area is 145 Å². The Kier molecular flexibility index (Phi) is 5.14. The summed E-state index contributed by atoms with van der Waals surface area (Å²) in [6, 6.07) is 9.59. The lowest BCUT2D eigenvalue weighted by Gasteiger charge is -2.34. The van der Waals surface area contributed by atoms with Crippen molar-refractivity contribution >= 4 is 6.09 Å². The summed E-state index contributed by atoms with van der Waals surface area (Å²) in [5.74, 6) is 0.679. The van der Waals surface area contributed by atoms with Gasteiger partial charge in [-0.25, -0.2) is 4.79 Å². The Morgan fingerprint density at radius 1 is 1.12 bits per heavy atom. The van der Waals surface area contributed by atoms with Gasteiger partial charge in [0.1, 0.15) is 5.60 Å². The Hall–Kier alpha value is -1.55. The molecule has 3 rings (SSSR count). The lowest BCUT2D eigenvalue weighted by molar-refractivity contribution is 0.0489. The van der Waals surface area contributed by atoms with Crippen molar-refractivity contribution in [2.24, 2.45) is 0 Å². The molecule has 1 aromatic carbocycles. The summed E-state index contributed by atoms with van der Waals surface area (Å²) in [6.45, 7) is 6.76. The average molecular weight is 330 g/mol. The van der Waals surface area contributed by atoms with Crippen molar-refractivity contribution in [3.63, 3.8) is 0 Å². The largest absolute Gasteiger partial charge is 0.444 e. The highest BCUT2D eigenvalue weighted by atomic mass is 16.6. The molecule has 0 spiro atoms. The van der Waals surface area contributed by atoms with Crippen LogP contribution in [0.15, 0.2) is 24.3 Å². The molecular formula is C20H30N2O2. The van der Waals surface area contributed by atoms with Crippen molar-refractivity contribution < 1.29 is 9.53 Å². The Morgan fingerprint density at radius 2 is 1.79 bits per heavy atom. The number of rotatable bonds is 4. The highest BCUT2D eigenvalue weighted by Gasteiger charge is 2.28. The second kappa shape index (κ2) is 7.14. The number of nitrogens with one attached hydrogen (secondary N) is 2. The summed E-state index contributed by atoms with van der Waals surface area (Å²) < 4.78 is 5.34. The minimum atomic E-state index is -0.429. The van der Waals surface area contributed by atoms with Crippen LogP contribution in [0.3, 0.4) is 0 Å². The predicted molar refractivity (Wildman–Crippen MR) is 96.3 cm³/mol. The standard InChI is InChI=1S/C20H30N2O2/c1-20(2,3)24-19(23)22-17-10-8-16(9-11-17)21-13-15-12-14-6-4-5-7-18(14)15/h4-7,15-17,21H,8-13H2,1-3H3,(H,22,23). The van der Waals surface area contributed by atoms with Crippen LogP contribution in [0.4, 0.5) is 4.79 Å². The van der Waals surface area contributed by atoms with E-state index in [0.717, 1.165) is 32.2 Å². The summed E-state index contributed by atoms with van der Waals surface area (Å²) in [6.07, 6.45) is 5.21. The minimum absolute atomic E-state index is 0.252. The fraction of sp³-hybridized carbons (Fsp3) is 0.650. The van der Waals surface area contributed by atoms with E-state index in [-0.39, 0.29) is 12.1 Å². The van der Waals surface area contributed by atoms with E-state index < -0.39 is 5.60 Å². The number of fused-ring (bicyclic) bond motifs is 1. The number of ether oxygens (including phenoxy) is 1. The summed E-state index contributed by atoms with van der Waals surface area (Å²) in [4.78, 5) is 11.8. The smallest absolute Gasteiger partial charge is 0.407 e. The number of benzene rings is 1. The highest BCUT2D eigenvalue weighted by Crippen LogP contribution is 2.34.